The Balaban J connectivity index is 1.37. The van der Waals surface area contributed by atoms with Crippen molar-refractivity contribution in [3.8, 4) is 35.0 Å². The van der Waals surface area contributed by atoms with Crippen LogP contribution in [0, 0.1) is 17.2 Å². The van der Waals surface area contributed by atoms with E-state index in [1.54, 1.807) is 45.6 Å². The van der Waals surface area contributed by atoms with Crippen molar-refractivity contribution in [3.05, 3.63) is 41.8 Å². The van der Waals surface area contributed by atoms with Crippen molar-refractivity contribution < 1.29 is 27.8 Å². The summed E-state index contributed by atoms with van der Waals surface area (Å²) in [5, 5.41) is 12.5. The van der Waals surface area contributed by atoms with E-state index in [1.807, 2.05) is 4.90 Å². The predicted molar refractivity (Wildman–Crippen MR) is 122 cm³/mol. The normalized spacial score (nSPS) is 13.9. The molecule has 10 nitrogen and oxygen atoms in total. The van der Waals surface area contributed by atoms with Crippen molar-refractivity contribution >= 4 is 11.8 Å². The third kappa shape index (κ3) is 4.64. The van der Waals surface area contributed by atoms with Gasteiger partial charge < -0.3 is 33.3 Å². The number of hydrogen-bond donors (Lipinski definition) is 1. The number of carbonyl (C=O) groups excluding carboxylic acids is 1. The van der Waals surface area contributed by atoms with Crippen LogP contribution in [0.15, 0.2) is 39.4 Å². The summed E-state index contributed by atoms with van der Waals surface area (Å²) < 4.78 is 27.2. The van der Waals surface area contributed by atoms with Gasteiger partial charge in [0.15, 0.2) is 17.3 Å². The molecule has 0 saturated carbocycles. The maximum Gasteiger partial charge on any atom is 0.266 e. The molecule has 0 spiro atoms. The highest BCUT2D eigenvalue weighted by Gasteiger charge is 2.29. The zero-order valence-electron chi connectivity index (χ0n) is 19.3. The molecule has 0 atom stereocenters. The first-order chi connectivity index (χ1) is 16.6. The fourth-order valence-corrected chi connectivity index (χ4v) is 4.01. The van der Waals surface area contributed by atoms with Crippen molar-refractivity contribution in [2.24, 2.45) is 5.92 Å². The molecular formula is C24H26N4O6. The number of ether oxygens (including phenoxy) is 3. The minimum absolute atomic E-state index is 0.0363. The Bertz CT molecular complexity index is 1170. The van der Waals surface area contributed by atoms with Gasteiger partial charge in [0.05, 0.1) is 27.6 Å². The van der Waals surface area contributed by atoms with Gasteiger partial charge >= 0.3 is 0 Å². The Morgan fingerprint density at radius 2 is 1.88 bits per heavy atom. The van der Waals surface area contributed by atoms with E-state index in [1.165, 1.54) is 6.26 Å². The SMILES string of the molecule is COc1cc(OC)c(OC)cc1CNC(=O)C1CCN(c2oc(-c3ccco3)nc2C#N)CC1. The Morgan fingerprint density at radius 1 is 1.18 bits per heavy atom. The molecule has 2 aromatic heterocycles. The molecule has 4 rings (SSSR count). The first kappa shape index (κ1) is 23.0. The van der Waals surface area contributed by atoms with Crippen LogP contribution in [0.4, 0.5) is 5.88 Å². The summed E-state index contributed by atoms with van der Waals surface area (Å²) in [5.74, 6) is 2.67. The second-order valence-corrected chi connectivity index (χ2v) is 7.76. The molecule has 1 aliphatic rings. The van der Waals surface area contributed by atoms with Gasteiger partial charge in [0.1, 0.15) is 11.8 Å². The molecule has 3 heterocycles. The van der Waals surface area contributed by atoms with Crippen molar-refractivity contribution in [1.82, 2.24) is 10.3 Å². The Hall–Kier alpha value is -4.13. The van der Waals surface area contributed by atoms with E-state index >= 15 is 0 Å². The van der Waals surface area contributed by atoms with Crippen LogP contribution < -0.4 is 24.4 Å². The smallest absolute Gasteiger partial charge is 0.266 e. The molecule has 1 amide bonds. The maximum absolute atomic E-state index is 12.8. The minimum atomic E-state index is -0.152. The average molecular weight is 466 g/mol. The van der Waals surface area contributed by atoms with Gasteiger partial charge in [-0.15, -0.1) is 0 Å². The van der Waals surface area contributed by atoms with Gasteiger partial charge in [0, 0.05) is 37.2 Å². The predicted octanol–water partition coefficient (Wildman–Crippen LogP) is 3.36. The molecule has 1 aromatic carbocycles. The molecule has 34 heavy (non-hydrogen) atoms. The third-order valence-electron chi connectivity index (χ3n) is 5.84. The van der Waals surface area contributed by atoms with Crippen LogP contribution in [0.1, 0.15) is 24.1 Å². The van der Waals surface area contributed by atoms with Crippen molar-refractivity contribution in [1.29, 1.82) is 5.26 Å². The van der Waals surface area contributed by atoms with Crippen molar-refractivity contribution in [2.75, 3.05) is 39.3 Å². The molecular weight excluding hydrogens is 440 g/mol. The lowest BCUT2D eigenvalue weighted by Gasteiger charge is -2.31. The standard InChI is InChI=1S/C24H26N4O6/c1-30-19-12-21(32-3)20(31-2)11-16(19)14-26-22(29)15-6-8-28(9-7-15)24-17(13-25)27-23(34-24)18-5-4-10-33-18/h4-5,10-12,15H,6-9,14H2,1-3H3,(H,26,29). The lowest BCUT2D eigenvalue weighted by molar-refractivity contribution is -0.125. The zero-order chi connectivity index (χ0) is 24.1. The molecule has 10 heteroatoms. The lowest BCUT2D eigenvalue weighted by atomic mass is 9.95. The molecule has 1 aliphatic heterocycles. The molecule has 1 N–H and O–H groups in total. The number of piperidine rings is 1. The second-order valence-electron chi connectivity index (χ2n) is 7.76. The van der Waals surface area contributed by atoms with E-state index in [4.69, 9.17) is 23.0 Å². The molecule has 0 aliphatic carbocycles. The van der Waals surface area contributed by atoms with E-state index in [2.05, 4.69) is 16.4 Å². The summed E-state index contributed by atoms with van der Waals surface area (Å²) in [6.45, 7) is 1.44. The van der Waals surface area contributed by atoms with Crippen LogP contribution >= 0.6 is 0 Å². The number of aromatic nitrogens is 1. The highest BCUT2D eigenvalue weighted by molar-refractivity contribution is 5.79. The van der Waals surface area contributed by atoms with Crippen molar-refractivity contribution in [3.63, 3.8) is 0 Å². The summed E-state index contributed by atoms with van der Waals surface area (Å²) in [6.07, 6.45) is 2.76. The van der Waals surface area contributed by atoms with Gasteiger partial charge in [0.25, 0.3) is 5.89 Å². The Kier molecular flexibility index (Phi) is 6.92. The van der Waals surface area contributed by atoms with Gasteiger partial charge in [-0.1, -0.05) is 0 Å². The molecule has 1 fully saturated rings. The summed E-state index contributed by atoms with van der Waals surface area (Å²) >= 11 is 0. The van der Waals surface area contributed by atoms with Gasteiger partial charge in [-0.05, 0) is 31.0 Å². The topological polar surface area (TPSA) is 123 Å². The number of nitrogens with zero attached hydrogens (tertiary/aromatic N) is 3. The molecule has 0 unspecified atom stereocenters. The fraction of sp³-hybridized carbons (Fsp3) is 0.375. The molecule has 178 valence electrons. The Morgan fingerprint density at radius 3 is 2.50 bits per heavy atom. The quantitative estimate of drug-likeness (QED) is 0.532. The molecule has 3 aromatic rings. The van der Waals surface area contributed by atoms with Gasteiger partial charge in [-0.3, -0.25) is 4.79 Å². The summed E-state index contributed by atoms with van der Waals surface area (Å²) in [4.78, 5) is 19.0. The number of oxazole rings is 1. The average Bonchev–Trinajstić information content (AvgIpc) is 3.57. The number of rotatable bonds is 8. The number of anilines is 1. The second kappa shape index (κ2) is 10.2. The molecule has 0 radical (unpaired) electrons. The number of carbonyl (C=O) groups is 1. The zero-order valence-corrected chi connectivity index (χ0v) is 19.3. The summed E-state index contributed by atoms with van der Waals surface area (Å²) in [6, 6.07) is 9.06. The first-order valence-electron chi connectivity index (χ1n) is 10.8. The number of benzene rings is 1. The van der Waals surface area contributed by atoms with Crippen molar-refractivity contribution in [2.45, 2.75) is 19.4 Å². The van der Waals surface area contributed by atoms with E-state index in [0.29, 0.717) is 61.4 Å². The number of hydrogen-bond acceptors (Lipinski definition) is 9. The largest absolute Gasteiger partial charge is 0.496 e. The van der Waals surface area contributed by atoms with Crippen LogP contribution in [0.3, 0.4) is 0 Å². The summed E-state index contributed by atoms with van der Waals surface area (Å²) in [5.41, 5.74) is 0.992. The number of amides is 1. The van der Waals surface area contributed by atoms with Crippen LogP contribution in [0.25, 0.3) is 11.7 Å². The van der Waals surface area contributed by atoms with Crippen LogP contribution in [0.5, 0.6) is 17.2 Å². The van der Waals surface area contributed by atoms with E-state index in [-0.39, 0.29) is 23.4 Å². The molecule has 0 bridgehead atoms. The fourth-order valence-electron chi connectivity index (χ4n) is 4.01. The van der Waals surface area contributed by atoms with Gasteiger partial charge in [0.2, 0.25) is 17.5 Å². The highest BCUT2D eigenvalue weighted by Crippen LogP contribution is 2.35. The third-order valence-corrected chi connectivity index (χ3v) is 5.84. The number of furan rings is 1. The summed E-state index contributed by atoms with van der Waals surface area (Å²) in [7, 11) is 4.68. The van der Waals surface area contributed by atoms with Gasteiger partial charge in [-0.25, -0.2) is 0 Å². The van der Waals surface area contributed by atoms with E-state index < -0.39 is 0 Å². The lowest BCUT2D eigenvalue weighted by Crippen LogP contribution is -2.40. The first-order valence-corrected chi connectivity index (χ1v) is 10.8. The maximum atomic E-state index is 12.8. The minimum Gasteiger partial charge on any atom is -0.496 e. The van der Waals surface area contributed by atoms with Crippen LogP contribution in [-0.4, -0.2) is 45.3 Å². The van der Waals surface area contributed by atoms with E-state index in [0.717, 1.165) is 5.56 Å². The highest BCUT2D eigenvalue weighted by atomic mass is 16.5. The number of nitriles is 1. The van der Waals surface area contributed by atoms with E-state index in [9.17, 15) is 10.1 Å². The van der Waals surface area contributed by atoms with Gasteiger partial charge in [-0.2, -0.15) is 10.2 Å². The number of methoxy groups -OCH3 is 3. The monoisotopic (exact) mass is 466 g/mol. The molecule has 1 saturated heterocycles. The number of nitrogens with one attached hydrogen (secondary N) is 1. The van der Waals surface area contributed by atoms with Crippen LogP contribution in [-0.2, 0) is 11.3 Å². The Labute approximate surface area is 197 Å². The van der Waals surface area contributed by atoms with Crippen LogP contribution in [0.2, 0.25) is 0 Å².